The van der Waals surface area contributed by atoms with Gasteiger partial charge in [-0.15, -0.1) is 0 Å². The lowest BCUT2D eigenvalue weighted by atomic mass is 10.1. The molecule has 0 bridgehead atoms. The van der Waals surface area contributed by atoms with E-state index in [2.05, 4.69) is 28.5 Å². The third-order valence-electron chi connectivity index (χ3n) is 3.97. The van der Waals surface area contributed by atoms with E-state index >= 15 is 0 Å². The molecule has 0 radical (unpaired) electrons. The van der Waals surface area contributed by atoms with Crippen LogP contribution in [0.4, 0.5) is 0 Å². The Kier molecular flexibility index (Phi) is 3.33. The summed E-state index contributed by atoms with van der Waals surface area (Å²) >= 11 is 0. The monoisotopic (exact) mass is 243 g/mol. The lowest BCUT2D eigenvalue weighted by Crippen LogP contribution is -2.10. The number of aromatic amines is 1. The minimum Gasteiger partial charge on any atom is -0.342 e. The molecule has 2 N–H and O–H groups in total. The fourth-order valence-electron chi connectivity index (χ4n) is 2.89. The maximum atomic E-state index is 4.74. The van der Waals surface area contributed by atoms with Crippen molar-refractivity contribution in [1.82, 2.24) is 15.3 Å². The molecule has 1 aromatic heterocycles. The number of imidazole rings is 1. The van der Waals surface area contributed by atoms with E-state index in [-0.39, 0.29) is 0 Å². The Morgan fingerprint density at radius 2 is 2.17 bits per heavy atom. The van der Waals surface area contributed by atoms with Crippen LogP contribution in [0.3, 0.4) is 0 Å². The Labute approximate surface area is 108 Å². The van der Waals surface area contributed by atoms with Crippen molar-refractivity contribution in [2.75, 3.05) is 13.6 Å². The predicted octanol–water partition coefficient (Wildman–Crippen LogP) is 2.98. The van der Waals surface area contributed by atoms with Gasteiger partial charge in [-0.3, -0.25) is 0 Å². The molecule has 0 spiro atoms. The van der Waals surface area contributed by atoms with E-state index in [1.54, 1.807) is 0 Å². The van der Waals surface area contributed by atoms with Gasteiger partial charge in [0.15, 0.2) is 0 Å². The molecule has 1 saturated carbocycles. The molecule has 0 amide bonds. The lowest BCUT2D eigenvalue weighted by molar-refractivity contribution is 0.681. The van der Waals surface area contributed by atoms with Crippen molar-refractivity contribution >= 4 is 11.0 Å². The second-order valence-electron chi connectivity index (χ2n) is 5.31. The van der Waals surface area contributed by atoms with Crippen molar-refractivity contribution in [1.29, 1.82) is 0 Å². The molecular weight excluding hydrogens is 222 g/mol. The number of benzene rings is 1. The molecule has 1 aromatic carbocycles. The first-order valence-corrected chi connectivity index (χ1v) is 7.00. The van der Waals surface area contributed by atoms with Crippen molar-refractivity contribution in [2.24, 2.45) is 0 Å². The summed E-state index contributed by atoms with van der Waals surface area (Å²) in [5.74, 6) is 1.87. The number of nitrogens with zero attached hydrogens (tertiary/aromatic N) is 1. The minimum atomic E-state index is 0.665. The first-order chi connectivity index (χ1) is 8.86. The van der Waals surface area contributed by atoms with Crippen LogP contribution >= 0.6 is 0 Å². The topological polar surface area (TPSA) is 40.7 Å². The summed E-state index contributed by atoms with van der Waals surface area (Å²) in [4.78, 5) is 8.27. The average molecular weight is 243 g/mol. The van der Waals surface area contributed by atoms with Crippen LogP contribution in [0.5, 0.6) is 0 Å². The molecule has 2 aromatic rings. The van der Waals surface area contributed by atoms with Crippen LogP contribution in [0.2, 0.25) is 0 Å². The summed E-state index contributed by atoms with van der Waals surface area (Å²) < 4.78 is 0. The maximum absolute atomic E-state index is 4.74. The van der Waals surface area contributed by atoms with E-state index in [0.29, 0.717) is 5.92 Å². The van der Waals surface area contributed by atoms with E-state index in [0.717, 1.165) is 18.5 Å². The van der Waals surface area contributed by atoms with Crippen LogP contribution in [0.1, 0.15) is 43.0 Å². The summed E-state index contributed by atoms with van der Waals surface area (Å²) in [5, 5.41) is 3.19. The van der Waals surface area contributed by atoms with Crippen LogP contribution in [0, 0.1) is 0 Å². The third kappa shape index (κ3) is 2.27. The molecule has 18 heavy (non-hydrogen) atoms. The van der Waals surface area contributed by atoms with Gasteiger partial charge in [0, 0.05) is 5.92 Å². The molecule has 1 heterocycles. The van der Waals surface area contributed by atoms with Crippen molar-refractivity contribution in [3.05, 3.63) is 29.6 Å². The number of likely N-dealkylation sites (N-methyl/N-ethyl adjacent to an activating group) is 1. The first kappa shape index (κ1) is 11.7. The summed E-state index contributed by atoms with van der Waals surface area (Å²) in [6, 6.07) is 6.59. The highest BCUT2D eigenvalue weighted by Gasteiger charge is 2.20. The van der Waals surface area contributed by atoms with Crippen molar-refractivity contribution < 1.29 is 0 Å². The quantitative estimate of drug-likeness (QED) is 0.866. The molecular formula is C15H21N3. The number of nitrogens with one attached hydrogen (secondary N) is 2. The smallest absolute Gasteiger partial charge is 0.110 e. The van der Waals surface area contributed by atoms with Crippen LogP contribution in [-0.2, 0) is 6.42 Å². The minimum absolute atomic E-state index is 0.665. The van der Waals surface area contributed by atoms with Crippen LogP contribution < -0.4 is 5.32 Å². The maximum Gasteiger partial charge on any atom is 0.110 e. The number of hydrogen-bond acceptors (Lipinski definition) is 2. The van der Waals surface area contributed by atoms with Crippen molar-refractivity contribution in [3.8, 4) is 0 Å². The zero-order valence-electron chi connectivity index (χ0n) is 11.0. The number of aromatic nitrogens is 2. The van der Waals surface area contributed by atoms with E-state index in [4.69, 9.17) is 4.98 Å². The van der Waals surface area contributed by atoms with Crippen molar-refractivity contribution in [2.45, 2.75) is 38.0 Å². The van der Waals surface area contributed by atoms with Crippen LogP contribution in [-0.4, -0.2) is 23.6 Å². The Bertz CT molecular complexity index is 524. The first-order valence-electron chi connectivity index (χ1n) is 7.00. The Morgan fingerprint density at radius 1 is 1.33 bits per heavy atom. The predicted molar refractivity (Wildman–Crippen MR) is 74.9 cm³/mol. The van der Waals surface area contributed by atoms with Gasteiger partial charge in [0.1, 0.15) is 5.82 Å². The lowest BCUT2D eigenvalue weighted by Gasteiger charge is -2.02. The zero-order valence-corrected chi connectivity index (χ0v) is 11.0. The van der Waals surface area contributed by atoms with Gasteiger partial charge in [0.2, 0.25) is 0 Å². The highest BCUT2D eigenvalue weighted by atomic mass is 14.9. The summed E-state index contributed by atoms with van der Waals surface area (Å²) in [7, 11) is 1.99. The molecule has 0 saturated heterocycles. The molecule has 0 atom stereocenters. The molecule has 3 nitrogen and oxygen atoms in total. The molecule has 1 aliphatic carbocycles. The van der Waals surface area contributed by atoms with Gasteiger partial charge in [-0.1, -0.05) is 18.9 Å². The highest BCUT2D eigenvalue weighted by Crippen LogP contribution is 2.33. The fraction of sp³-hybridized carbons (Fsp3) is 0.533. The number of rotatable bonds is 4. The van der Waals surface area contributed by atoms with E-state index < -0.39 is 0 Å². The van der Waals surface area contributed by atoms with Gasteiger partial charge < -0.3 is 10.3 Å². The summed E-state index contributed by atoms with van der Waals surface area (Å²) in [6.45, 7) is 1.02. The second kappa shape index (κ2) is 5.11. The van der Waals surface area contributed by atoms with Crippen molar-refractivity contribution in [3.63, 3.8) is 0 Å². The van der Waals surface area contributed by atoms with E-state index in [9.17, 15) is 0 Å². The highest BCUT2D eigenvalue weighted by molar-refractivity contribution is 5.76. The number of hydrogen-bond donors (Lipinski definition) is 2. The molecule has 1 fully saturated rings. The van der Waals surface area contributed by atoms with Crippen LogP contribution in [0.15, 0.2) is 18.2 Å². The standard InChI is InChI=1S/C15H21N3/c1-16-9-8-11-6-7-13-14(10-11)18-15(17-13)12-4-2-3-5-12/h6-7,10,12,16H,2-5,8-9H2,1H3,(H,17,18). The molecule has 0 unspecified atom stereocenters. The van der Waals surface area contributed by atoms with Gasteiger partial charge in [0.25, 0.3) is 0 Å². The third-order valence-corrected chi connectivity index (χ3v) is 3.97. The molecule has 96 valence electrons. The zero-order chi connectivity index (χ0) is 12.4. The Hall–Kier alpha value is -1.35. The van der Waals surface area contributed by atoms with Gasteiger partial charge in [-0.2, -0.15) is 0 Å². The largest absolute Gasteiger partial charge is 0.342 e. The van der Waals surface area contributed by atoms with Gasteiger partial charge in [-0.05, 0) is 50.6 Å². The van der Waals surface area contributed by atoms with Crippen LogP contribution in [0.25, 0.3) is 11.0 Å². The van der Waals surface area contributed by atoms with E-state index in [1.165, 1.54) is 42.6 Å². The molecule has 0 aliphatic heterocycles. The Morgan fingerprint density at radius 3 is 2.94 bits per heavy atom. The second-order valence-corrected chi connectivity index (χ2v) is 5.31. The summed E-state index contributed by atoms with van der Waals surface area (Å²) in [6.07, 6.45) is 6.38. The summed E-state index contributed by atoms with van der Waals surface area (Å²) in [5.41, 5.74) is 3.69. The normalized spacial score (nSPS) is 16.7. The average Bonchev–Trinajstić information content (AvgIpc) is 3.03. The van der Waals surface area contributed by atoms with Gasteiger partial charge in [-0.25, -0.2) is 4.98 Å². The molecule has 1 aliphatic rings. The van der Waals surface area contributed by atoms with Gasteiger partial charge in [0.05, 0.1) is 11.0 Å². The van der Waals surface area contributed by atoms with E-state index in [1.807, 2.05) is 7.05 Å². The number of H-pyrrole nitrogens is 1. The number of fused-ring (bicyclic) bond motifs is 1. The fourth-order valence-corrected chi connectivity index (χ4v) is 2.89. The Balaban J connectivity index is 1.86. The SMILES string of the molecule is CNCCc1ccc2nc(C3CCCC3)[nH]c2c1. The molecule has 3 heteroatoms. The van der Waals surface area contributed by atoms with Gasteiger partial charge >= 0.3 is 0 Å². The molecule has 3 rings (SSSR count).